The monoisotopic (exact) mass is 490 g/mol. The Labute approximate surface area is 207 Å². The van der Waals surface area contributed by atoms with E-state index in [9.17, 15) is 9.18 Å². The number of halogens is 1. The number of ether oxygens (including phenoxy) is 2. The van der Waals surface area contributed by atoms with Crippen LogP contribution in [0.3, 0.4) is 0 Å². The lowest BCUT2D eigenvalue weighted by Crippen LogP contribution is -2.31. The third-order valence-corrected chi connectivity index (χ3v) is 6.31. The average Bonchev–Trinajstić information content (AvgIpc) is 3.32. The topological polar surface area (TPSA) is 103 Å². The second kappa shape index (κ2) is 10.3. The number of carbonyl (C=O) groups excluding carboxylic acids is 1. The van der Waals surface area contributed by atoms with Crippen LogP contribution in [-0.2, 0) is 11.8 Å². The van der Waals surface area contributed by atoms with Crippen molar-refractivity contribution in [1.29, 1.82) is 0 Å². The van der Waals surface area contributed by atoms with Crippen molar-refractivity contribution < 1.29 is 18.7 Å². The second-order valence-corrected chi connectivity index (χ2v) is 8.72. The number of carbonyl (C=O) groups is 1. The fourth-order valence-corrected chi connectivity index (χ4v) is 4.31. The molecule has 1 aliphatic rings. The van der Waals surface area contributed by atoms with Crippen LogP contribution in [0.4, 0.5) is 10.2 Å². The van der Waals surface area contributed by atoms with Crippen molar-refractivity contribution in [2.75, 3.05) is 25.6 Å². The summed E-state index contributed by atoms with van der Waals surface area (Å²) < 4.78 is 26.7. The molecule has 5 rings (SSSR count). The van der Waals surface area contributed by atoms with Gasteiger partial charge in [0.25, 0.3) is 5.91 Å². The molecule has 36 heavy (non-hydrogen) atoms. The molecule has 3 aromatic heterocycles. The first-order chi connectivity index (χ1) is 17.5. The van der Waals surface area contributed by atoms with Gasteiger partial charge in [-0.2, -0.15) is 0 Å². The molecule has 1 atom stereocenters. The van der Waals surface area contributed by atoms with Crippen molar-refractivity contribution in [2.45, 2.75) is 24.9 Å². The summed E-state index contributed by atoms with van der Waals surface area (Å²) in [7, 11) is 3.22. The molecular weight excluding hydrogens is 463 g/mol. The largest absolute Gasteiger partial charge is 0.494 e. The molecule has 1 amide bonds. The molecular formula is C26H27FN6O3. The number of rotatable bonds is 7. The summed E-state index contributed by atoms with van der Waals surface area (Å²) in [6.45, 7) is 1.45. The number of benzene rings is 1. The van der Waals surface area contributed by atoms with Crippen molar-refractivity contribution in [2.24, 2.45) is 7.05 Å². The Morgan fingerprint density at radius 3 is 2.75 bits per heavy atom. The maximum atomic E-state index is 14.5. The summed E-state index contributed by atoms with van der Waals surface area (Å²) in [5.74, 6) is -0.0721. The molecule has 0 bridgehead atoms. The molecule has 0 aliphatic carbocycles. The highest BCUT2D eigenvalue weighted by atomic mass is 19.1. The molecule has 0 unspecified atom stereocenters. The van der Waals surface area contributed by atoms with E-state index in [0.717, 1.165) is 31.4 Å². The normalized spacial score (nSPS) is 15.0. The highest BCUT2D eigenvalue weighted by Gasteiger charge is 2.23. The quantitative estimate of drug-likeness (QED) is 0.408. The van der Waals surface area contributed by atoms with E-state index >= 15 is 0 Å². The molecule has 2 N–H and O–H groups in total. The van der Waals surface area contributed by atoms with Crippen LogP contribution in [0, 0.1) is 5.82 Å². The molecule has 1 aromatic carbocycles. The van der Waals surface area contributed by atoms with E-state index in [-0.39, 0.29) is 11.4 Å². The van der Waals surface area contributed by atoms with Crippen LogP contribution >= 0.6 is 0 Å². The van der Waals surface area contributed by atoms with Gasteiger partial charge in [0, 0.05) is 44.0 Å². The van der Waals surface area contributed by atoms with Crippen LogP contribution in [-0.4, -0.2) is 51.8 Å². The zero-order valence-corrected chi connectivity index (χ0v) is 20.1. The molecule has 1 fully saturated rings. The van der Waals surface area contributed by atoms with Gasteiger partial charge >= 0.3 is 0 Å². The number of aromatic nitrogens is 4. The van der Waals surface area contributed by atoms with Crippen LogP contribution in [0.1, 0.15) is 40.6 Å². The van der Waals surface area contributed by atoms with Crippen LogP contribution in [0.5, 0.6) is 5.75 Å². The fourth-order valence-electron chi connectivity index (χ4n) is 4.31. The SMILES string of the molecule is COc1ccc([C@H](NC(=O)c2ccc3cnc(NC4CCOCC4)cc3n2)c2cncn2C)cc1F. The van der Waals surface area contributed by atoms with Gasteiger partial charge in [0.15, 0.2) is 11.6 Å². The second-order valence-electron chi connectivity index (χ2n) is 8.72. The van der Waals surface area contributed by atoms with Crippen molar-refractivity contribution in [3.63, 3.8) is 0 Å². The fraction of sp³-hybridized carbons (Fsp3) is 0.308. The van der Waals surface area contributed by atoms with Gasteiger partial charge in [0.05, 0.1) is 36.9 Å². The molecule has 4 aromatic rings. The third-order valence-electron chi connectivity index (χ3n) is 6.31. The first kappa shape index (κ1) is 23.7. The standard InChI is InChI=1S/C26H27FN6O3/c1-33-15-28-14-22(33)25(16-4-6-23(35-2)19(27)11-16)32-26(34)20-5-3-17-13-29-24(12-21(17)31-20)30-18-7-9-36-10-8-18/h3-6,11-15,18,25H,7-10H2,1-2H3,(H,29,30)(H,32,34)/t25-/m0/s1. The van der Waals surface area contributed by atoms with E-state index in [1.54, 1.807) is 35.4 Å². The molecule has 1 saturated heterocycles. The summed E-state index contributed by atoms with van der Waals surface area (Å²) in [4.78, 5) is 26.6. The van der Waals surface area contributed by atoms with Gasteiger partial charge in [0.2, 0.25) is 0 Å². The number of nitrogens with zero attached hydrogens (tertiary/aromatic N) is 4. The first-order valence-electron chi connectivity index (χ1n) is 11.7. The van der Waals surface area contributed by atoms with Crippen LogP contribution in [0.25, 0.3) is 10.9 Å². The number of amides is 1. The van der Waals surface area contributed by atoms with Gasteiger partial charge in [-0.05, 0) is 42.7 Å². The van der Waals surface area contributed by atoms with Crippen LogP contribution in [0.2, 0.25) is 0 Å². The van der Waals surface area contributed by atoms with Crippen molar-refractivity contribution in [3.05, 3.63) is 77.9 Å². The smallest absolute Gasteiger partial charge is 0.270 e. The summed E-state index contributed by atoms with van der Waals surface area (Å²) >= 11 is 0. The molecule has 9 nitrogen and oxygen atoms in total. The van der Waals surface area contributed by atoms with Gasteiger partial charge in [-0.25, -0.2) is 19.3 Å². The Morgan fingerprint density at radius 2 is 2.03 bits per heavy atom. The van der Waals surface area contributed by atoms with E-state index in [2.05, 4.69) is 25.6 Å². The molecule has 0 saturated carbocycles. The lowest BCUT2D eigenvalue weighted by Gasteiger charge is -2.23. The molecule has 10 heteroatoms. The van der Waals surface area contributed by atoms with Gasteiger partial charge < -0.3 is 24.7 Å². The average molecular weight is 491 g/mol. The molecule has 0 radical (unpaired) electrons. The number of aryl methyl sites for hydroxylation is 1. The van der Waals surface area contributed by atoms with Crippen molar-refractivity contribution >= 4 is 22.6 Å². The predicted molar refractivity (Wildman–Crippen MR) is 132 cm³/mol. The van der Waals surface area contributed by atoms with Gasteiger partial charge in [-0.3, -0.25) is 4.79 Å². The van der Waals surface area contributed by atoms with E-state index in [0.29, 0.717) is 28.6 Å². The lowest BCUT2D eigenvalue weighted by molar-refractivity contribution is 0.0903. The molecule has 4 heterocycles. The first-order valence-corrected chi connectivity index (χ1v) is 11.7. The Balaban J connectivity index is 1.42. The van der Waals surface area contributed by atoms with Crippen LogP contribution in [0.15, 0.2) is 55.1 Å². The van der Waals surface area contributed by atoms with Crippen LogP contribution < -0.4 is 15.4 Å². The summed E-state index contributed by atoms with van der Waals surface area (Å²) in [6.07, 6.45) is 6.83. The van der Waals surface area contributed by atoms with E-state index < -0.39 is 17.8 Å². The number of pyridine rings is 2. The van der Waals surface area contributed by atoms with E-state index in [1.165, 1.54) is 19.2 Å². The van der Waals surface area contributed by atoms with Gasteiger partial charge in [-0.1, -0.05) is 6.07 Å². The predicted octanol–water partition coefficient (Wildman–Crippen LogP) is 3.62. The van der Waals surface area contributed by atoms with E-state index in [1.807, 2.05) is 19.2 Å². The number of anilines is 1. The number of hydrogen-bond donors (Lipinski definition) is 2. The van der Waals surface area contributed by atoms with E-state index in [4.69, 9.17) is 9.47 Å². The zero-order valence-electron chi connectivity index (χ0n) is 20.1. The van der Waals surface area contributed by atoms with Crippen molar-refractivity contribution in [1.82, 2.24) is 24.8 Å². The number of fused-ring (bicyclic) bond motifs is 1. The highest BCUT2D eigenvalue weighted by Crippen LogP contribution is 2.27. The Bertz CT molecular complexity index is 1390. The highest BCUT2D eigenvalue weighted by molar-refractivity contribution is 5.95. The Morgan fingerprint density at radius 1 is 1.19 bits per heavy atom. The number of imidazole rings is 1. The van der Waals surface area contributed by atoms with Gasteiger partial charge in [0.1, 0.15) is 11.5 Å². The zero-order chi connectivity index (χ0) is 25.1. The molecule has 186 valence electrons. The minimum atomic E-state index is -0.647. The minimum absolute atomic E-state index is 0.129. The maximum absolute atomic E-state index is 14.5. The molecule has 0 spiro atoms. The Hall–Kier alpha value is -4.05. The number of hydrogen-bond acceptors (Lipinski definition) is 7. The van der Waals surface area contributed by atoms with Crippen molar-refractivity contribution in [3.8, 4) is 5.75 Å². The number of nitrogens with one attached hydrogen (secondary N) is 2. The third kappa shape index (κ3) is 4.99. The Kier molecular flexibility index (Phi) is 6.77. The summed E-state index contributed by atoms with van der Waals surface area (Å²) in [6, 6.07) is 9.56. The summed E-state index contributed by atoms with van der Waals surface area (Å²) in [5.41, 5.74) is 2.14. The lowest BCUT2D eigenvalue weighted by atomic mass is 10.0. The maximum Gasteiger partial charge on any atom is 0.270 e. The summed E-state index contributed by atoms with van der Waals surface area (Å²) in [5, 5.41) is 7.24. The molecule has 1 aliphatic heterocycles. The van der Waals surface area contributed by atoms with Gasteiger partial charge in [-0.15, -0.1) is 0 Å². The minimum Gasteiger partial charge on any atom is -0.494 e. The number of methoxy groups -OCH3 is 1.